The molecule has 1 saturated heterocycles. The van der Waals surface area contributed by atoms with Crippen LogP contribution in [-0.4, -0.2) is 41.1 Å². The summed E-state index contributed by atoms with van der Waals surface area (Å²) >= 11 is 0. The number of piperidine rings is 1. The standard InChI is InChI=1S/C17H26N2O3/c20-16-6-2-1-5-15(16)19-9-7-13(8-10-19)17(21)18-12-14-4-3-11-22-14/h3-4,11,13,15-16,20H,1-2,5-10,12H2,(H,18,21)/t15-,16+/m1/s1. The van der Waals surface area contributed by atoms with Crippen molar-refractivity contribution in [3.63, 3.8) is 0 Å². The van der Waals surface area contributed by atoms with E-state index in [0.29, 0.717) is 12.6 Å². The molecule has 0 bridgehead atoms. The molecule has 1 saturated carbocycles. The van der Waals surface area contributed by atoms with Crippen molar-refractivity contribution in [2.75, 3.05) is 13.1 Å². The summed E-state index contributed by atoms with van der Waals surface area (Å²) in [6.45, 7) is 2.30. The summed E-state index contributed by atoms with van der Waals surface area (Å²) < 4.78 is 5.23. The molecule has 2 N–H and O–H groups in total. The van der Waals surface area contributed by atoms with E-state index in [1.54, 1.807) is 6.26 Å². The van der Waals surface area contributed by atoms with Gasteiger partial charge in [-0.3, -0.25) is 9.69 Å². The zero-order valence-electron chi connectivity index (χ0n) is 13.0. The minimum Gasteiger partial charge on any atom is -0.467 e. The lowest BCUT2D eigenvalue weighted by Crippen LogP contribution is -2.50. The summed E-state index contributed by atoms with van der Waals surface area (Å²) in [5.74, 6) is 1.00. The predicted octanol–water partition coefficient (Wildman–Crippen LogP) is 1.91. The van der Waals surface area contributed by atoms with Crippen LogP contribution in [0.15, 0.2) is 22.8 Å². The third kappa shape index (κ3) is 3.70. The number of carbonyl (C=O) groups excluding carboxylic acids is 1. The van der Waals surface area contributed by atoms with Gasteiger partial charge in [0, 0.05) is 12.0 Å². The molecule has 22 heavy (non-hydrogen) atoms. The Morgan fingerprint density at radius 2 is 2.05 bits per heavy atom. The second-order valence-electron chi connectivity index (χ2n) is 6.53. The lowest BCUT2D eigenvalue weighted by Gasteiger charge is -2.41. The van der Waals surface area contributed by atoms with Crippen LogP contribution in [0.5, 0.6) is 0 Å². The topological polar surface area (TPSA) is 65.7 Å². The van der Waals surface area contributed by atoms with Crippen molar-refractivity contribution >= 4 is 5.91 Å². The molecule has 5 nitrogen and oxygen atoms in total. The average Bonchev–Trinajstić information content (AvgIpc) is 3.07. The van der Waals surface area contributed by atoms with E-state index in [4.69, 9.17) is 4.42 Å². The number of nitrogens with one attached hydrogen (secondary N) is 1. The number of amides is 1. The fraction of sp³-hybridized carbons (Fsp3) is 0.706. The molecule has 1 aliphatic heterocycles. The highest BCUT2D eigenvalue weighted by Gasteiger charge is 2.33. The van der Waals surface area contributed by atoms with Crippen molar-refractivity contribution < 1.29 is 14.3 Å². The number of aliphatic hydroxyl groups is 1. The monoisotopic (exact) mass is 306 g/mol. The van der Waals surface area contributed by atoms with Crippen LogP contribution in [-0.2, 0) is 11.3 Å². The van der Waals surface area contributed by atoms with Crippen LogP contribution in [0.4, 0.5) is 0 Å². The molecular formula is C17H26N2O3. The maximum Gasteiger partial charge on any atom is 0.223 e. The maximum atomic E-state index is 12.2. The Kier molecular flexibility index (Phi) is 5.16. The Balaban J connectivity index is 1.43. The molecule has 3 rings (SSSR count). The van der Waals surface area contributed by atoms with Crippen molar-refractivity contribution in [1.82, 2.24) is 10.2 Å². The molecule has 1 aromatic rings. The molecule has 122 valence electrons. The highest BCUT2D eigenvalue weighted by atomic mass is 16.3. The van der Waals surface area contributed by atoms with Crippen LogP contribution in [0.25, 0.3) is 0 Å². The van der Waals surface area contributed by atoms with Crippen LogP contribution in [0.3, 0.4) is 0 Å². The first kappa shape index (κ1) is 15.6. The quantitative estimate of drug-likeness (QED) is 0.892. The van der Waals surface area contributed by atoms with Crippen molar-refractivity contribution in [3.05, 3.63) is 24.2 Å². The van der Waals surface area contributed by atoms with Crippen molar-refractivity contribution in [2.45, 2.75) is 57.2 Å². The number of rotatable bonds is 4. The van der Waals surface area contributed by atoms with E-state index in [2.05, 4.69) is 10.2 Å². The normalized spacial score (nSPS) is 27.7. The number of carbonyl (C=O) groups is 1. The highest BCUT2D eigenvalue weighted by Crippen LogP contribution is 2.27. The first-order valence-electron chi connectivity index (χ1n) is 8.46. The van der Waals surface area contributed by atoms with E-state index in [1.807, 2.05) is 12.1 Å². The second-order valence-corrected chi connectivity index (χ2v) is 6.53. The van der Waals surface area contributed by atoms with Crippen molar-refractivity contribution in [1.29, 1.82) is 0 Å². The molecule has 2 heterocycles. The molecular weight excluding hydrogens is 280 g/mol. The summed E-state index contributed by atoms with van der Waals surface area (Å²) in [5, 5.41) is 13.1. The maximum absolute atomic E-state index is 12.2. The lowest BCUT2D eigenvalue weighted by molar-refractivity contribution is -0.127. The lowest BCUT2D eigenvalue weighted by atomic mass is 9.88. The van der Waals surface area contributed by atoms with Gasteiger partial charge in [0.05, 0.1) is 18.9 Å². The molecule has 0 aromatic carbocycles. The van der Waals surface area contributed by atoms with E-state index in [0.717, 1.165) is 51.0 Å². The third-order valence-corrected chi connectivity index (χ3v) is 5.08. The molecule has 1 aliphatic carbocycles. The van der Waals surface area contributed by atoms with Gasteiger partial charge in [0.25, 0.3) is 0 Å². The number of furan rings is 1. The number of likely N-dealkylation sites (tertiary alicyclic amines) is 1. The van der Waals surface area contributed by atoms with Crippen LogP contribution in [0, 0.1) is 5.92 Å². The number of hydrogen-bond donors (Lipinski definition) is 2. The van der Waals surface area contributed by atoms with E-state index >= 15 is 0 Å². The average molecular weight is 306 g/mol. The van der Waals surface area contributed by atoms with Gasteiger partial charge in [-0.25, -0.2) is 0 Å². The Labute approximate surface area is 131 Å². The van der Waals surface area contributed by atoms with E-state index in [9.17, 15) is 9.90 Å². The van der Waals surface area contributed by atoms with E-state index in [-0.39, 0.29) is 17.9 Å². The largest absolute Gasteiger partial charge is 0.467 e. The minimum atomic E-state index is -0.182. The van der Waals surface area contributed by atoms with Gasteiger partial charge < -0.3 is 14.8 Å². The molecule has 2 atom stereocenters. The van der Waals surface area contributed by atoms with E-state index < -0.39 is 0 Å². The molecule has 1 aromatic heterocycles. The predicted molar refractivity (Wildman–Crippen MR) is 83.1 cm³/mol. The number of aliphatic hydroxyl groups excluding tert-OH is 1. The van der Waals surface area contributed by atoms with Gasteiger partial charge in [0.2, 0.25) is 5.91 Å². The first-order valence-corrected chi connectivity index (χ1v) is 8.46. The second kappa shape index (κ2) is 7.29. The summed E-state index contributed by atoms with van der Waals surface area (Å²) in [6.07, 6.45) is 7.58. The summed E-state index contributed by atoms with van der Waals surface area (Å²) in [7, 11) is 0. The third-order valence-electron chi connectivity index (χ3n) is 5.08. The van der Waals surface area contributed by atoms with Crippen LogP contribution < -0.4 is 5.32 Å². The Morgan fingerprint density at radius 3 is 2.73 bits per heavy atom. The Bertz CT molecular complexity index is 466. The van der Waals surface area contributed by atoms with Crippen molar-refractivity contribution in [2.24, 2.45) is 5.92 Å². The Morgan fingerprint density at radius 1 is 1.27 bits per heavy atom. The summed E-state index contributed by atoms with van der Waals surface area (Å²) in [5.41, 5.74) is 0. The van der Waals surface area contributed by atoms with E-state index in [1.165, 1.54) is 6.42 Å². The van der Waals surface area contributed by atoms with Gasteiger partial charge >= 0.3 is 0 Å². The van der Waals surface area contributed by atoms with Gasteiger partial charge in [-0.2, -0.15) is 0 Å². The molecule has 0 radical (unpaired) electrons. The Hall–Kier alpha value is -1.33. The summed E-state index contributed by atoms with van der Waals surface area (Å²) in [4.78, 5) is 14.6. The van der Waals surface area contributed by atoms with Gasteiger partial charge in [-0.1, -0.05) is 12.8 Å². The highest BCUT2D eigenvalue weighted by molar-refractivity contribution is 5.78. The fourth-order valence-electron chi connectivity index (χ4n) is 3.74. The molecule has 5 heteroatoms. The summed E-state index contributed by atoms with van der Waals surface area (Å²) in [6, 6.07) is 4.00. The van der Waals surface area contributed by atoms with Crippen molar-refractivity contribution in [3.8, 4) is 0 Å². The zero-order chi connectivity index (χ0) is 15.4. The number of hydrogen-bond acceptors (Lipinski definition) is 4. The SMILES string of the molecule is O=C(NCc1ccco1)C1CCN([C@@H]2CCCC[C@@H]2O)CC1. The van der Waals surface area contributed by atoms with Crippen LogP contribution >= 0.6 is 0 Å². The number of nitrogens with zero attached hydrogens (tertiary/aromatic N) is 1. The van der Waals surface area contributed by atoms with Crippen LogP contribution in [0.2, 0.25) is 0 Å². The zero-order valence-corrected chi connectivity index (χ0v) is 13.0. The smallest absolute Gasteiger partial charge is 0.223 e. The molecule has 2 fully saturated rings. The minimum absolute atomic E-state index is 0.0898. The van der Waals surface area contributed by atoms with Gasteiger partial charge in [-0.05, 0) is 50.9 Å². The molecule has 2 aliphatic rings. The van der Waals surface area contributed by atoms with Gasteiger partial charge in [0.15, 0.2) is 0 Å². The molecule has 0 spiro atoms. The molecule has 1 amide bonds. The molecule has 0 unspecified atom stereocenters. The van der Waals surface area contributed by atoms with Crippen LogP contribution in [0.1, 0.15) is 44.3 Å². The fourth-order valence-corrected chi connectivity index (χ4v) is 3.74. The van der Waals surface area contributed by atoms with Gasteiger partial charge in [-0.15, -0.1) is 0 Å². The van der Waals surface area contributed by atoms with Gasteiger partial charge in [0.1, 0.15) is 5.76 Å². The first-order chi connectivity index (χ1) is 10.7.